The van der Waals surface area contributed by atoms with Crippen LogP contribution in [0.4, 0.5) is 18.9 Å². The second-order valence-electron chi connectivity index (χ2n) is 7.94. The number of nitro benzene ring substituents is 1. The summed E-state index contributed by atoms with van der Waals surface area (Å²) in [6.07, 6.45) is -4.35. The molecule has 174 valence electrons. The van der Waals surface area contributed by atoms with Crippen LogP contribution in [0.5, 0.6) is 0 Å². The van der Waals surface area contributed by atoms with E-state index in [9.17, 15) is 23.3 Å². The van der Waals surface area contributed by atoms with Gasteiger partial charge in [-0.25, -0.2) is 0 Å². The van der Waals surface area contributed by atoms with Crippen molar-refractivity contribution in [2.24, 2.45) is 0 Å². The van der Waals surface area contributed by atoms with Gasteiger partial charge in [0.1, 0.15) is 0 Å². The summed E-state index contributed by atoms with van der Waals surface area (Å²) in [5.41, 5.74) is 0.579. The third-order valence-electron chi connectivity index (χ3n) is 5.74. The van der Waals surface area contributed by atoms with Gasteiger partial charge in [0.15, 0.2) is 0 Å². The molecule has 0 bridgehead atoms. The summed E-state index contributed by atoms with van der Waals surface area (Å²) < 4.78 is 44.6. The maximum absolute atomic E-state index is 12.9. The molecule has 1 fully saturated rings. The van der Waals surface area contributed by atoms with Crippen molar-refractivity contribution in [1.29, 1.82) is 0 Å². The van der Waals surface area contributed by atoms with Gasteiger partial charge in [-0.05, 0) is 30.7 Å². The Morgan fingerprint density at radius 1 is 1.09 bits per heavy atom. The predicted octanol–water partition coefficient (Wildman–Crippen LogP) is 4.54. The summed E-state index contributed by atoms with van der Waals surface area (Å²) in [4.78, 5) is 14.6. The molecule has 1 aromatic heterocycles. The van der Waals surface area contributed by atoms with Crippen LogP contribution in [-0.2, 0) is 12.7 Å². The molecule has 0 spiro atoms. The lowest BCUT2D eigenvalue weighted by atomic mass is 10.1. The molecule has 0 amide bonds. The number of hydrogen-bond donors (Lipinski definition) is 0. The van der Waals surface area contributed by atoms with E-state index in [2.05, 4.69) is 20.0 Å². The first-order chi connectivity index (χ1) is 15.7. The van der Waals surface area contributed by atoms with E-state index in [1.165, 1.54) is 24.3 Å². The van der Waals surface area contributed by atoms with Crippen LogP contribution in [0.3, 0.4) is 0 Å². The summed E-state index contributed by atoms with van der Waals surface area (Å²) >= 11 is 0. The zero-order valence-electron chi connectivity index (χ0n) is 17.8. The summed E-state index contributed by atoms with van der Waals surface area (Å²) in [7, 11) is 0. The van der Waals surface area contributed by atoms with Crippen LogP contribution in [0.15, 0.2) is 52.9 Å². The highest BCUT2D eigenvalue weighted by molar-refractivity contribution is 5.55. The lowest BCUT2D eigenvalue weighted by Crippen LogP contribution is -2.46. The monoisotopic (exact) mass is 461 g/mol. The van der Waals surface area contributed by atoms with Crippen LogP contribution >= 0.6 is 0 Å². The molecule has 33 heavy (non-hydrogen) atoms. The molecular weight excluding hydrogens is 439 g/mol. The first-order valence-electron chi connectivity index (χ1n) is 10.4. The Bertz CT molecular complexity index is 1110. The second-order valence-corrected chi connectivity index (χ2v) is 7.94. The second kappa shape index (κ2) is 9.28. The molecule has 0 aliphatic carbocycles. The van der Waals surface area contributed by atoms with Crippen molar-refractivity contribution in [3.8, 4) is 11.5 Å². The van der Waals surface area contributed by atoms with Crippen LogP contribution in [0, 0.1) is 10.1 Å². The fourth-order valence-corrected chi connectivity index (χ4v) is 3.81. The van der Waals surface area contributed by atoms with Crippen LogP contribution in [0.2, 0.25) is 0 Å². The minimum Gasteiger partial charge on any atom is -0.419 e. The molecule has 8 nitrogen and oxygen atoms in total. The number of non-ortho nitro benzene ring substituents is 1. The molecule has 0 saturated carbocycles. The zero-order chi connectivity index (χ0) is 23.6. The molecule has 2 aromatic carbocycles. The number of halogens is 3. The van der Waals surface area contributed by atoms with E-state index >= 15 is 0 Å². The molecule has 1 aliphatic rings. The van der Waals surface area contributed by atoms with Crippen molar-refractivity contribution in [2.45, 2.75) is 25.7 Å². The van der Waals surface area contributed by atoms with E-state index in [0.717, 1.165) is 6.07 Å². The fraction of sp³-hybridized carbons (Fsp3) is 0.364. The number of aromatic nitrogens is 2. The smallest absolute Gasteiger partial charge is 0.416 e. The molecule has 1 aliphatic heterocycles. The van der Waals surface area contributed by atoms with E-state index in [-0.39, 0.29) is 17.6 Å². The summed E-state index contributed by atoms with van der Waals surface area (Å²) in [5.74, 6) is 0.726. The Morgan fingerprint density at radius 2 is 1.79 bits per heavy atom. The lowest BCUT2D eigenvalue weighted by Gasteiger charge is -2.36. The summed E-state index contributed by atoms with van der Waals surface area (Å²) in [6.45, 7) is 5.21. The highest BCUT2D eigenvalue weighted by Crippen LogP contribution is 2.30. The van der Waals surface area contributed by atoms with E-state index in [4.69, 9.17) is 4.42 Å². The van der Waals surface area contributed by atoms with Gasteiger partial charge in [-0.1, -0.05) is 18.2 Å². The van der Waals surface area contributed by atoms with Crippen molar-refractivity contribution in [1.82, 2.24) is 20.0 Å². The molecule has 1 unspecified atom stereocenters. The van der Waals surface area contributed by atoms with Crippen molar-refractivity contribution < 1.29 is 22.5 Å². The van der Waals surface area contributed by atoms with Crippen LogP contribution in [-0.4, -0.2) is 51.1 Å². The molecule has 0 N–H and O–H groups in total. The van der Waals surface area contributed by atoms with Gasteiger partial charge in [0, 0.05) is 50.4 Å². The minimum atomic E-state index is -4.35. The van der Waals surface area contributed by atoms with Crippen molar-refractivity contribution in [3.63, 3.8) is 0 Å². The molecule has 11 heteroatoms. The maximum atomic E-state index is 12.9. The largest absolute Gasteiger partial charge is 0.419 e. The molecule has 4 rings (SSSR count). The number of nitro groups is 1. The summed E-state index contributed by atoms with van der Waals surface area (Å²) in [6, 6.07) is 11.2. The highest BCUT2D eigenvalue weighted by Gasteiger charge is 2.31. The fourth-order valence-electron chi connectivity index (χ4n) is 3.81. The average molecular weight is 461 g/mol. The Hall–Kier alpha value is -3.31. The Morgan fingerprint density at radius 3 is 2.42 bits per heavy atom. The number of nitrogens with zero attached hydrogens (tertiary/aromatic N) is 5. The Kier molecular flexibility index (Phi) is 6.43. The Labute approximate surface area is 187 Å². The highest BCUT2D eigenvalue weighted by atomic mass is 19.4. The van der Waals surface area contributed by atoms with E-state index in [1.54, 1.807) is 18.2 Å². The third-order valence-corrected chi connectivity index (χ3v) is 5.74. The van der Waals surface area contributed by atoms with Gasteiger partial charge < -0.3 is 4.42 Å². The van der Waals surface area contributed by atoms with Gasteiger partial charge in [-0.15, -0.1) is 10.2 Å². The number of hydrogen-bond acceptors (Lipinski definition) is 7. The van der Waals surface area contributed by atoms with Gasteiger partial charge in [0.2, 0.25) is 11.8 Å². The standard InChI is InChI=1S/C22H22F3N5O3/c1-15(20-26-27-21(33-20)17-5-7-19(8-6-17)30(31)32)29-11-9-28(10-12-29)14-16-3-2-4-18(13-16)22(23,24)25/h2-8,13,15H,9-12,14H2,1H3. The van der Waals surface area contributed by atoms with Gasteiger partial charge in [0.05, 0.1) is 16.5 Å². The van der Waals surface area contributed by atoms with Crippen LogP contribution in [0.1, 0.15) is 30.0 Å². The SMILES string of the molecule is CC(c1nnc(-c2ccc([N+](=O)[O-])cc2)o1)N1CCN(Cc2cccc(C(F)(F)F)c2)CC1. The average Bonchev–Trinajstić information content (AvgIpc) is 3.29. The molecule has 0 radical (unpaired) electrons. The van der Waals surface area contributed by atoms with Crippen molar-refractivity contribution in [3.05, 3.63) is 75.7 Å². The minimum absolute atomic E-state index is 0.0186. The Balaban J connectivity index is 1.34. The molecule has 3 aromatic rings. The van der Waals surface area contributed by atoms with Crippen molar-refractivity contribution >= 4 is 5.69 Å². The van der Waals surface area contributed by atoms with Crippen molar-refractivity contribution in [2.75, 3.05) is 26.2 Å². The lowest BCUT2D eigenvalue weighted by molar-refractivity contribution is -0.384. The number of alkyl halides is 3. The van der Waals surface area contributed by atoms with E-state index < -0.39 is 16.7 Å². The topological polar surface area (TPSA) is 88.5 Å². The van der Waals surface area contributed by atoms with E-state index in [0.29, 0.717) is 49.7 Å². The van der Waals surface area contributed by atoms with Gasteiger partial charge >= 0.3 is 6.18 Å². The maximum Gasteiger partial charge on any atom is 0.416 e. The van der Waals surface area contributed by atoms with Gasteiger partial charge in [0.25, 0.3) is 5.69 Å². The quantitative estimate of drug-likeness (QED) is 0.393. The third kappa shape index (κ3) is 5.37. The number of rotatable bonds is 6. The molecule has 1 saturated heterocycles. The normalized spacial score (nSPS) is 16.6. The number of piperazine rings is 1. The summed E-state index contributed by atoms with van der Waals surface area (Å²) in [5, 5.41) is 19.0. The predicted molar refractivity (Wildman–Crippen MR) is 113 cm³/mol. The zero-order valence-corrected chi connectivity index (χ0v) is 17.8. The first-order valence-corrected chi connectivity index (χ1v) is 10.4. The van der Waals surface area contributed by atoms with Crippen LogP contribution in [0.25, 0.3) is 11.5 Å². The van der Waals surface area contributed by atoms with Crippen LogP contribution < -0.4 is 0 Å². The number of benzene rings is 2. The van der Waals surface area contributed by atoms with Gasteiger partial charge in [-0.3, -0.25) is 19.9 Å². The van der Waals surface area contributed by atoms with Gasteiger partial charge in [-0.2, -0.15) is 13.2 Å². The van der Waals surface area contributed by atoms with E-state index in [1.807, 2.05) is 6.92 Å². The molecule has 1 atom stereocenters. The molecule has 2 heterocycles. The molecular formula is C22H22F3N5O3. The first kappa shape index (κ1) is 22.9.